The van der Waals surface area contributed by atoms with Crippen LogP contribution in [0, 0.1) is 0 Å². The number of halogens is 3. The SMILES string of the molecule is CCC(C(=O)NC)N(Cc1ccc(Cl)c(Cl)c1)C(=O)CN(c1ccc(Br)cc1)S(C)(=O)=O. The van der Waals surface area contributed by atoms with Gasteiger partial charge in [0.15, 0.2) is 0 Å². The molecule has 0 aliphatic rings. The third-order valence-electron chi connectivity index (χ3n) is 4.76. The number of hydrogen-bond donors (Lipinski definition) is 1. The fraction of sp³-hybridized carbons (Fsp3) is 0.333. The Labute approximate surface area is 206 Å². The number of anilines is 1. The molecule has 1 unspecified atom stereocenters. The van der Waals surface area contributed by atoms with Gasteiger partial charge in [-0.1, -0.05) is 52.1 Å². The molecule has 0 aliphatic heterocycles. The maximum Gasteiger partial charge on any atom is 0.244 e. The van der Waals surface area contributed by atoms with Gasteiger partial charge in [0.25, 0.3) is 0 Å². The predicted molar refractivity (Wildman–Crippen MR) is 131 cm³/mol. The van der Waals surface area contributed by atoms with Crippen molar-refractivity contribution in [3.8, 4) is 0 Å². The molecule has 0 aromatic heterocycles. The van der Waals surface area contributed by atoms with E-state index >= 15 is 0 Å². The summed E-state index contributed by atoms with van der Waals surface area (Å²) in [6.07, 6.45) is 1.37. The van der Waals surface area contributed by atoms with Crippen LogP contribution in [0.4, 0.5) is 5.69 Å². The minimum atomic E-state index is -3.77. The number of likely N-dealkylation sites (N-methyl/N-ethyl adjacent to an activating group) is 1. The zero-order valence-corrected chi connectivity index (χ0v) is 21.7. The molecule has 0 spiro atoms. The van der Waals surface area contributed by atoms with E-state index in [2.05, 4.69) is 21.2 Å². The average Bonchev–Trinajstić information content (AvgIpc) is 2.74. The first kappa shape index (κ1) is 26.4. The van der Waals surface area contributed by atoms with E-state index in [9.17, 15) is 18.0 Å². The molecular weight excluding hydrogens is 541 g/mol. The predicted octanol–water partition coefficient (Wildman–Crippen LogP) is 4.08. The average molecular weight is 565 g/mol. The summed E-state index contributed by atoms with van der Waals surface area (Å²) in [5, 5.41) is 3.24. The van der Waals surface area contributed by atoms with Crippen molar-refractivity contribution >= 4 is 66.7 Å². The second-order valence-corrected chi connectivity index (χ2v) is 10.7. The lowest BCUT2D eigenvalue weighted by molar-refractivity contribution is -0.140. The van der Waals surface area contributed by atoms with Gasteiger partial charge in [-0.2, -0.15) is 0 Å². The highest BCUT2D eigenvalue weighted by Gasteiger charge is 2.31. The third-order valence-corrected chi connectivity index (χ3v) is 7.17. The molecule has 0 bridgehead atoms. The molecule has 11 heteroatoms. The van der Waals surface area contributed by atoms with Gasteiger partial charge in [-0.25, -0.2) is 8.42 Å². The largest absolute Gasteiger partial charge is 0.357 e. The number of amides is 2. The van der Waals surface area contributed by atoms with E-state index in [0.29, 0.717) is 27.7 Å². The molecule has 2 amide bonds. The Balaban J connectivity index is 2.43. The molecule has 0 radical (unpaired) electrons. The zero-order valence-electron chi connectivity index (χ0n) is 17.8. The normalized spacial score (nSPS) is 12.2. The minimum Gasteiger partial charge on any atom is -0.357 e. The maximum absolute atomic E-state index is 13.4. The van der Waals surface area contributed by atoms with E-state index in [0.717, 1.165) is 15.0 Å². The van der Waals surface area contributed by atoms with Gasteiger partial charge in [0.1, 0.15) is 12.6 Å². The molecule has 0 saturated carbocycles. The molecule has 2 rings (SSSR count). The summed E-state index contributed by atoms with van der Waals surface area (Å²) in [4.78, 5) is 27.2. The molecule has 1 N–H and O–H groups in total. The molecule has 2 aromatic rings. The van der Waals surface area contributed by atoms with Crippen molar-refractivity contribution in [3.05, 3.63) is 62.5 Å². The Bertz CT molecular complexity index is 1080. The van der Waals surface area contributed by atoms with Crippen LogP contribution in [-0.2, 0) is 26.2 Å². The summed E-state index contributed by atoms with van der Waals surface area (Å²) in [6.45, 7) is 1.37. The van der Waals surface area contributed by atoms with Crippen molar-refractivity contribution in [2.45, 2.75) is 25.9 Å². The van der Waals surface area contributed by atoms with Crippen LogP contribution < -0.4 is 9.62 Å². The third kappa shape index (κ3) is 6.84. The van der Waals surface area contributed by atoms with Gasteiger partial charge >= 0.3 is 0 Å². The number of benzene rings is 2. The summed E-state index contributed by atoms with van der Waals surface area (Å²) >= 11 is 15.4. The van der Waals surface area contributed by atoms with E-state index in [-0.39, 0.29) is 12.5 Å². The molecule has 0 heterocycles. The highest BCUT2D eigenvalue weighted by molar-refractivity contribution is 9.10. The smallest absolute Gasteiger partial charge is 0.244 e. The first-order valence-corrected chi connectivity index (χ1v) is 13.1. The summed E-state index contributed by atoms with van der Waals surface area (Å²) in [5.74, 6) is -0.879. The van der Waals surface area contributed by atoms with Crippen LogP contribution in [0.15, 0.2) is 46.9 Å². The van der Waals surface area contributed by atoms with Gasteiger partial charge in [0.05, 0.1) is 22.0 Å². The number of carbonyl (C=O) groups is 2. The molecule has 7 nitrogen and oxygen atoms in total. The molecule has 174 valence electrons. The number of carbonyl (C=O) groups excluding carboxylic acids is 2. The maximum atomic E-state index is 13.4. The Kier molecular flexibility index (Phi) is 9.39. The molecule has 1 atom stereocenters. The van der Waals surface area contributed by atoms with E-state index < -0.39 is 28.5 Å². The van der Waals surface area contributed by atoms with Crippen LogP contribution in [-0.4, -0.2) is 51.0 Å². The first-order valence-electron chi connectivity index (χ1n) is 9.66. The van der Waals surface area contributed by atoms with Crippen LogP contribution in [0.25, 0.3) is 0 Å². The number of hydrogen-bond acceptors (Lipinski definition) is 4. The lowest BCUT2D eigenvalue weighted by Crippen LogP contribution is -2.51. The minimum absolute atomic E-state index is 0.0551. The van der Waals surface area contributed by atoms with Gasteiger partial charge in [0, 0.05) is 18.1 Å². The Morgan fingerprint density at radius 1 is 1.09 bits per heavy atom. The lowest BCUT2D eigenvalue weighted by Gasteiger charge is -2.32. The monoisotopic (exact) mass is 563 g/mol. The molecule has 32 heavy (non-hydrogen) atoms. The molecule has 0 fully saturated rings. The summed E-state index contributed by atoms with van der Waals surface area (Å²) in [5.41, 5.74) is 0.996. The molecule has 2 aromatic carbocycles. The van der Waals surface area contributed by atoms with Gasteiger partial charge in [-0.15, -0.1) is 0 Å². The second kappa shape index (κ2) is 11.4. The molecule has 0 saturated heterocycles. The van der Waals surface area contributed by atoms with Crippen molar-refractivity contribution in [2.24, 2.45) is 0 Å². The highest BCUT2D eigenvalue weighted by atomic mass is 79.9. The Hall–Kier alpha value is -1.81. The molecule has 0 aliphatic carbocycles. The first-order chi connectivity index (χ1) is 15.0. The van der Waals surface area contributed by atoms with Gasteiger partial charge in [-0.3, -0.25) is 13.9 Å². The topological polar surface area (TPSA) is 86.8 Å². The van der Waals surface area contributed by atoms with Crippen LogP contribution in [0.2, 0.25) is 10.0 Å². The van der Waals surface area contributed by atoms with Crippen LogP contribution >= 0.6 is 39.1 Å². The molecular formula is C21H24BrCl2N3O4S. The van der Waals surface area contributed by atoms with Gasteiger partial charge < -0.3 is 10.2 Å². The van der Waals surface area contributed by atoms with Crippen molar-refractivity contribution < 1.29 is 18.0 Å². The summed E-state index contributed by atoms with van der Waals surface area (Å²) in [6, 6.07) is 10.7. The summed E-state index contributed by atoms with van der Waals surface area (Å²) < 4.78 is 26.7. The van der Waals surface area contributed by atoms with Crippen LogP contribution in [0.3, 0.4) is 0 Å². The van der Waals surface area contributed by atoms with Crippen LogP contribution in [0.1, 0.15) is 18.9 Å². The lowest BCUT2D eigenvalue weighted by atomic mass is 10.1. The number of nitrogens with one attached hydrogen (secondary N) is 1. The highest BCUT2D eigenvalue weighted by Crippen LogP contribution is 2.25. The van der Waals surface area contributed by atoms with E-state index in [1.54, 1.807) is 49.4 Å². The Morgan fingerprint density at radius 3 is 2.22 bits per heavy atom. The second-order valence-electron chi connectivity index (χ2n) is 7.05. The fourth-order valence-corrected chi connectivity index (χ4v) is 4.58. The standard InChI is InChI=1S/C21H24BrCl2N3O4S/c1-4-19(21(29)25-2)26(12-14-5-10-17(23)18(24)11-14)20(28)13-27(32(3,30)31)16-8-6-15(22)7-9-16/h5-11,19H,4,12-13H2,1-3H3,(H,25,29). The quantitative estimate of drug-likeness (QED) is 0.497. The number of rotatable bonds is 9. The summed E-state index contributed by atoms with van der Waals surface area (Å²) in [7, 11) is -2.29. The van der Waals surface area contributed by atoms with Crippen molar-refractivity contribution in [2.75, 3.05) is 24.2 Å². The number of sulfonamides is 1. The van der Waals surface area contributed by atoms with E-state index in [1.165, 1.54) is 11.9 Å². The van der Waals surface area contributed by atoms with Gasteiger partial charge in [-0.05, 0) is 48.4 Å². The van der Waals surface area contributed by atoms with E-state index in [1.807, 2.05) is 0 Å². The number of nitrogens with zero attached hydrogens (tertiary/aromatic N) is 2. The Morgan fingerprint density at radius 2 is 1.72 bits per heavy atom. The van der Waals surface area contributed by atoms with Gasteiger partial charge in [0.2, 0.25) is 21.8 Å². The zero-order chi connectivity index (χ0) is 24.1. The van der Waals surface area contributed by atoms with Crippen molar-refractivity contribution in [1.29, 1.82) is 0 Å². The fourth-order valence-electron chi connectivity index (χ4n) is 3.14. The van der Waals surface area contributed by atoms with Crippen LogP contribution in [0.5, 0.6) is 0 Å². The van der Waals surface area contributed by atoms with E-state index in [4.69, 9.17) is 23.2 Å². The van der Waals surface area contributed by atoms with Crippen molar-refractivity contribution in [3.63, 3.8) is 0 Å². The van der Waals surface area contributed by atoms with Crippen molar-refractivity contribution in [1.82, 2.24) is 10.2 Å².